The van der Waals surface area contributed by atoms with Gasteiger partial charge >= 0.3 is 5.97 Å². The summed E-state index contributed by atoms with van der Waals surface area (Å²) in [6, 6.07) is 9.04. The number of carbonyl (C=O) groups excluding carboxylic acids is 1. The number of rotatable bonds is 7. The third-order valence-corrected chi connectivity index (χ3v) is 2.05. The molecular formula is C13H17NO3. The van der Waals surface area contributed by atoms with E-state index in [0.717, 1.165) is 25.5 Å². The van der Waals surface area contributed by atoms with Gasteiger partial charge in [0.2, 0.25) is 0 Å². The molecule has 0 saturated heterocycles. The van der Waals surface area contributed by atoms with Gasteiger partial charge in [-0.1, -0.05) is 43.1 Å². The summed E-state index contributed by atoms with van der Waals surface area (Å²) in [5, 5.41) is 3.54. The molecule has 0 saturated carbocycles. The molecule has 4 heteroatoms. The minimum atomic E-state index is -0.475. The summed E-state index contributed by atoms with van der Waals surface area (Å²) >= 11 is 0. The molecular weight excluding hydrogens is 218 g/mol. The van der Waals surface area contributed by atoms with Crippen molar-refractivity contribution in [3.63, 3.8) is 0 Å². The lowest BCUT2D eigenvalue weighted by atomic mass is 10.3. The summed E-state index contributed by atoms with van der Waals surface area (Å²) < 4.78 is 4.91. The third kappa shape index (κ3) is 6.35. The zero-order chi connectivity index (χ0) is 12.3. The van der Waals surface area contributed by atoms with Crippen molar-refractivity contribution in [1.29, 1.82) is 0 Å². The molecule has 0 atom stereocenters. The molecule has 0 fully saturated rings. The van der Waals surface area contributed by atoms with Crippen molar-refractivity contribution in [1.82, 2.24) is 0 Å². The van der Waals surface area contributed by atoms with Crippen LogP contribution < -0.4 is 4.84 Å². The number of hydrogen-bond donors (Lipinski definition) is 0. The van der Waals surface area contributed by atoms with Crippen molar-refractivity contribution >= 4 is 12.2 Å². The summed E-state index contributed by atoms with van der Waals surface area (Å²) in [5.74, 6) is 0.111. The molecule has 0 bridgehead atoms. The van der Waals surface area contributed by atoms with E-state index in [-0.39, 0.29) is 0 Å². The fourth-order valence-corrected chi connectivity index (χ4v) is 1.17. The Hall–Kier alpha value is -1.84. The molecule has 92 valence electrons. The van der Waals surface area contributed by atoms with Gasteiger partial charge in [0.05, 0.1) is 6.61 Å². The summed E-state index contributed by atoms with van der Waals surface area (Å²) in [6.07, 6.45) is 4.09. The van der Waals surface area contributed by atoms with Crippen LogP contribution in [-0.4, -0.2) is 18.8 Å². The standard InChI is InChI=1S/C13H17NO3/c1-2-3-7-10-16-13(15)11-14-17-12-8-5-4-6-9-12/h4-6,8-9,11H,2-3,7,10H2,1H3. The normalized spacial score (nSPS) is 10.4. The molecule has 0 N–H and O–H groups in total. The second kappa shape index (κ2) is 8.33. The van der Waals surface area contributed by atoms with Gasteiger partial charge in [-0.25, -0.2) is 4.79 Å². The van der Waals surface area contributed by atoms with Gasteiger partial charge in [0.25, 0.3) is 0 Å². The number of para-hydroxylation sites is 1. The van der Waals surface area contributed by atoms with Crippen LogP contribution in [0.25, 0.3) is 0 Å². The molecule has 0 amide bonds. The van der Waals surface area contributed by atoms with E-state index in [0.29, 0.717) is 12.4 Å². The van der Waals surface area contributed by atoms with E-state index in [1.54, 1.807) is 12.1 Å². The van der Waals surface area contributed by atoms with E-state index < -0.39 is 5.97 Å². The van der Waals surface area contributed by atoms with Gasteiger partial charge in [0.1, 0.15) is 0 Å². The van der Waals surface area contributed by atoms with Gasteiger partial charge in [-0.15, -0.1) is 0 Å². The van der Waals surface area contributed by atoms with Crippen molar-refractivity contribution in [3.05, 3.63) is 30.3 Å². The molecule has 0 unspecified atom stereocenters. The van der Waals surface area contributed by atoms with Gasteiger partial charge in [0, 0.05) is 0 Å². The monoisotopic (exact) mass is 235 g/mol. The summed E-state index contributed by atoms with van der Waals surface area (Å²) in [4.78, 5) is 16.1. The second-order valence-electron chi connectivity index (χ2n) is 3.51. The maximum atomic E-state index is 11.1. The summed E-state index contributed by atoms with van der Waals surface area (Å²) in [6.45, 7) is 2.53. The predicted octanol–water partition coefficient (Wildman–Crippen LogP) is 2.78. The van der Waals surface area contributed by atoms with Crippen molar-refractivity contribution in [3.8, 4) is 5.75 Å². The van der Waals surface area contributed by atoms with Crippen molar-refractivity contribution in [2.24, 2.45) is 5.16 Å². The maximum Gasteiger partial charge on any atom is 0.352 e. The Bertz CT molecular complexity index is 349. The highest BCUT2D eigenvalue weighted by molar-refractivity contribution is 6.22. The first kappa shape index (κ1) is 13.2. The molecule has 0 aliphatic carbocycles. The number of nitrogens with zero attached hydrogens (tertiary/aromatic N) is 1. The molecule has 0 aliphatic heterocycles. The molecule has 4 nitrogen and oxygen atoms in total. The van der Waals surface area contributed by atoms with E-state index in [4.69, 9.17) is 9.57 Å². The van der Waals surface area contributed by atoms with Crippen LogP contribution in [0, 0.1) is 0 Å². The molecule has 0 aromatic heterocycles. The maximum absolute atomic E-state index is 11.1. The van der Waals surface area contributed by atoms with Gasteiger partial charge in [-0.3, -0.25) is 0 Å². The zero-order valence-corrected chi connectivity index (χ0v) is 9.96. The molecule has 0 heterocycles. The summed E-state index contributed by atoms with van der Waals surface area (Å²) in [7, 11) is 0. The number of unbranched alkanes of at least 4 members (excludes halogenated alkanes) is 2. The zero-order valence-electron chi connectivity index (χ0n) is 9.96. The number of benzene rings is 1. The average molecular weight is 235 g/mol. The topological polar surface area (TPSA) is 47.9 Å². The van der Waals surface area contributed by atoms with Crippen LogP contribution in [0.15, 0.2) is 35.5 Å². The van der Waals surface area contributed by atoms with Crippen LogP contribution in [0.4, 0.5) is 0 Å². The van der Waals surface area contributed by atoms with E-state index in [1.165, 1.54) is 0 Å². The molecule has 17 heavy (non-hydrogen) atoms. The number of oxime groups is 1. The lowest BCUT2D eigenvalue weighted by Gasteiger charge is -2.00. The van der Waals surface area contributed by atoms with Crippen LogP contribution in [0.2, 0.25) is 0 Å². The van der Waals surface area contributed by atoms with E-state index in [2.05, 4.69) is 12.1 Å². The van der Waals surface area contributed by atoms with Gasteiger partial charge in [-0.05, 0) is 18.6 Å². The Kier molecular flexibility index (Phi) is 6.48. The minimum absolute atomic E-state index is 0.435. The second-order valence-corrected chi connectivity index (χ2v) is 3.51. The van der Waals surface area contributed by atoms with Gasteiger partial charge in [-0.2, -0.15) is 0 Å². The SMILES string of the molecule is CCCCCOC(=O)C=NOc1ccccc1. The molecule has 1 aromatic carbocycles. The fourth-order valence-electron chi connectivity index (χ4n) is 1.17. The number of esters is 1. The first-order chi connectivity index (χ1) is 8.33. The first-order valence-corrected chi connectivity index (χ1v) is 5.75. The Morgan fingerprint density at radius 1 is 1.29 bits per heavy atom. The van der Waals surface area contributed by atoms with Crippen molar-refractivity contribution in [2.45, 2.75) is 26.2 Å². The molecule has 0 spiro atoms. The van der Waals surface area contributed by atoms with Crippen LogP contribution >= 0.6 is 0 Å². The van der Waals surface area contributed by atoms with E-state index >= 15 is 0 Å². The molecule has 1 rings (SSSR count). The number of ether oxygens (including phenoxy) is 1. The Labute approximate surface area is 101 Å². The van der Waals surface area contributed by atoms with Crippen LogP contribution in [0.5, 0.6) is 5.75 Å². The highest BCUT2D eigenvalue weighted by atomic mass is 16.6. The highest BCUT2D eigenvalue weighted by Gasteiger charge is 1.97. The van der Waals surface area contributed by atoms with E-state index in [9.17, 15) is 4.79 Å². The summed E-state index contributed by atoms with van der Waals surface area (Å²) in [5.41, 5.74) is 0. The van der Waals surface area contributed by atoms with Crippen molar-refractivity contribution < 1.29 is 14.4 Å². The first-order valence-electron chi connectivity index (χ1n) is 5.75. The lowest BCUT2D eigenvalue weighted by Crippen LogP contribution is -2.07. The van der Waals surface area contributed by atoms with Crippen molar-refractivity contribution in [2.75, 3.05) is 6.61 Å². The largest absolute Gasteiger partial charge is 0.461 e. The van der Waals surface area contributed by atoms with Crippen LogP contribution in [-0.2, 0) is 9.53 Å². The van der Waals surface area contributed by atoms with Crippen LogP contribution in [0.3, 0.4) is 0 Å². The predicted molar refractivity (Wildman–Crippen MR) is 66.0 cm³/mol. The fraction of sp³-hybridized carbons (Fsp3) is 0.385. The minimum Gasteiger partial charge on any atom is -0.461 e. The Morgan fingerprint density at radius 3 is 2.76 bits per heavy atom. The molecule has 0 radical (unpaired) electrons. The Morgan fingerprint density at radius 2 is 2.06 bits per heavy atom. The van der Waals surface area contributed by atoms with E-state index in [1.807, 2.05) is 18.2 Å². The average Bonchev–Trinajstić information content (AvgIpc) is 2.36. The van der Waals surface area contributed by atoms with Crippen LogP contribution in [0.1, 0.15) is 26.2 Å². The lowest BCUT2D eigenvalue weighted by molar-refractivity contribution is -0.135. The third-order valence-electron chi connectivity index (χ3n) is 2.05. The van der Waals surface area contributed by atoms with Gasteiger partial charge in [0.15, 0.2) is 12.0 Å². The number of carbonyl (C=O) groups is 1. The molecule has 0 aliphatic rings. The number of hydrogen-bond acceptors (Lipinski definition) is 4. The molecule has 1 aromatic rings. The smallest absolute Gasteiger partial charge is 0.352 e. The van der Waals surface area contributed by atoms with Gasteiger partial charge < -0.3 is 9.57 Å². The Balaban J connectivity index is 2.18. The highest BCUT2D eigenvalue weighted by Crippen LogP contribution is 2.07. The quantitative estimate of drug-likeness (QED) is 0.316.